The second kappa shape index (κ2) is 22.6. The molecule has 370 valence electrons. The first-order valence-electron chi connectivity index (χ1n) is 22.1. The summed E-state index contributed by atoms with van der Waals surface area (Å²) in [6, 6.07) is 22.0. The van der Waals surface area contributed by atoms with Crippen LogP contribution in [0.5, 0.6) is 5.75 Å². The zero-order valence-corrected chi connectivity index (χ0v) is 42.5. The molecule has 69 heavy (non-hydrogen) atoms. The van der Waals surface area contributed by atoms with Gasteiger partial charge in [-0.2, -0.15) is 5.10 Å². The molecule has 0 radical (unpaired) electrons. The third-order valence-electron chi connectivity index (χ3n) is 10.3. The summed E-state index contributed by atoms with van der Waals surface area (Å²) in [5.74, 6) is -3.20. The van der Waals surface area contributed by atoms with Crippen LogP contribution < -0.4 is 15.4 Å². The molecule has 2 heterocycles. The van der Waals surface area contributed by atoms with Crippen molar-refractivity contribution in [3.63, 3.8) is 0 Å². The second-order valence-electron chi connectivity index (χ2n) is 19.4. The Balaban J connectivity index is 1.37. The Bertz CT molecular complexity index is 2530. The number of nitrogens with one attached hydrogen (secondary N) is 2. The van der Waals surface area contributed by atoms with Gasteiger partial charge in [-0.3, -0.25) is 10.00 Å². The van der Waals surface area contributed by atoms with Crippen LogP contribution in [0.4, 0.5) is 19.1 Å². The summed E-state index contributed by atoms with van der Waals surface area (Å²) >= 11 is 0.910. The Morgan fingerprint density at radius 2 is 1.48 bits per heavy atom. The van der Waals surface area contributed by atoms with Crippen LogP contribution in [0, 0.1) is 5.82 Å². The number of anilines is 1. The lowest BCUT2D eigenvalue weighted by atomic mass is 10.0. The van der Waals surface area contributed by atoms with E-state index in [9.17, 15) is 24.3 Å². The lowest BCUT2D eigenvalue weighted by Gasteiger charge is -2.39. The van der Waals surface area contributed by atoms with Crippen molar-refractivity contribution < 1.29 is 56.9 Å². The number of hydrogen-bond donors (Lipinski definition) is 3. The van der Waals surface area contributed by atoms with Gasteiger partial charge in [-0.1, -0.05) is 86.6 Å². The van der Waals surface area contributed by atoms with Gasteiger partial charge in [-0.15, -0.1) is 11.3 Å². The Kier molecular flexibility index (Phi) is 17.5. The first kappa shape index (κ1) is 53.3. The number of rotatable bonds is 19. The average Bonchev–Trinajstić information content (AvgIpc) is 3.91. The molecule has 3 aromatic carbocycles. The highest BCUT2D eigenvalue weighted by molar-refractivity contribution is 7.14. The zero-order valence-electron chi connectivity index (χ0n) is 40.7. The van der Waals surface area contributed by atoms with E-state index in [1.807, 2.05) is 12.1 Å². The van der Waals surface area contributed by atoms with Crippen LogP contribution in [0.15, 0.2) is 102 Å². The van der Waals surface area contributed by atoms with Crippen LogP contribution in [0.3, 0.4) is 0 Å². The maximum Gasteiger partial charge on any atom is 0.413 e. The molecule has 0 bridgehead atoms. The van der Waals surface area contributed by atoms with Crippen LogP contribution in [0.1, 0.15) is 85.2 Å². The summed E-state index contributed by atoms with van der Waals surface area (Å²) in [5, 5.41) is 24.9. The molecule has 20 heteroatoms. The minimum absolute atomic E-state index is 0.00330. The molecule has 2 atom stereocenters. The number of alkyl carbamates (subject to hydrolysis) is 1. The molecule has 2 amide bonds. The Morgan fingerprint density at radius 1 is 0.870 bits per heavy atom. The molecule has 0 aliphatic carbocycles. The Morgan fingerprint density at radius 3 is 2.04 bits per heavy atom. The van der Waals surface area contributed by atoms with E-state index in [2.05, 4.69) is 59.7 Å². The first-order chi connectivity index (χ1) is 32.3. The lowest BCUT2D eigenvalue weighted by molar-refractivity contribution is -0.163. The van der Waals surface area contributed by atoms with Crippen molar-refractivity contribution in [3.05, 3.63) is 119 Å². The zero-order chi connectivity index (χ0) is 50.7. The van der Waals surface area contributed by atoms with Crippen LogP contribution in [-0.4, -0.2) is 94.6 Å². The summed E-state index contributed by atoms with van der Waals surface area (Å²) in [5.41, 5.74) is -0.449. The largest absolute Gasteiger partial charge is 0.489 e. The number of halogens is 1. The SMILES string of the molecule is CC(C)(C)OC(=O)NCC(Cn1cc(-c2ccc(OCC(O/N=C(\C(=O)O)c3csc(NC(=O)OC(C)(C)C)n3)C(=O)OC(c3ccccc3)c3ccccc3)cc2F)cn1)O[Si](C)(C)C(C)(C)C. The number of aromatic nitrogens is 3. The van der Waals surface area contributed by atoms with Gasteiger partial charge < -0.3 is 38.6 Å². The van der Waals surface area contributed by atoms with Crippen molar-refractivity contribution >= 4 is 54.6 Å². The molecule has 0 saturated heterocycles. The fourth-order valence-corrected chi connectivity index (χ4v) is 8.14. The maximum atomic E-state index is 16.0. The number of hydrogen-bond acceptors (Lipinski definition) is 14. The van der Waals surface area contributed by atoms with Gasteiger partial charge in [0.05, 0.1) is 18.8 Å². The second-order valence-corrected chi connectivity index (χ2v) is 25.0. The predicted octanol–water partition coefficient (Wildman–Crippen LogP) is 9.99. The number of nitrogens with zero attached hydrogens (tertiary/aromatic N) is 4. The van der Waals surface area contributed by atoms with Crippen molar-refractivity contribution in [2.24, 2.45) is 5.16 Å². The van der Waals surface area contributed by atoms with E-state index in [4.69, 9.17) is 28.2 Å². The molecule has 0 spiro atoms. The number of esters is 1. The molecular weight excluding hydrogens is 928 g/mol. The van der Waals surface area contributed by atoms with Crippen LogP contribution >= 0.6 is 11.3 Å². The van der Waals surface area contributed by atoms with E-state index in [1.165, 1.54) is 23.7 Å². The first-order valence-corrected chi connectivity index (χ1v) is 25.9. The van der Waals surface area contributed by atoms with E-state index in [1.54, 1.807) is 101 Å². The molecule has 5 rings (SSSR count). The summed E-state index contributed by atoms with van der Waals surface area (Å²) in [7, 11) is -2.32. The van der Waals surface area contributed by atoms with E-state index in [0.717, 1.165) is 17.4 Å². The van der Waals surface area contributed by atoms with Crippen molar-refractivity contribution in [1.82, 2.24) is 20.1 Å². The topological polar surface area (TPSA) is 211 Å². The molecule has 0 fully saturated rings. The minimum Gasteiger partial charge on any atom is -0.489 e. The lowest BCUT2D eigenvalue weighted by Crippen LogP contribution is -2.48. The van der Waals surface area contributed by atoms with Gasteiger partial charge in [0, 0.05) is 35.3 Å². The normalized spacial score (nSPS) is 13.3. The highest BCUT2D eigenvalue weighted by Crippen LogP contribution is 2.38. The van der Waals surface area contributed by atoms with Gasteiger partial charge >= 0.3 is 24.1 Å². The van der Waals surface area contributed by atoms with Gasteiger partial charge in [-0.25, -0.2) is 28.6 Å². The monoisotopic (exact) mass is 988 g/mol. The van der Waals surface area contributed by atoms with Crippen molar-refractivity contribution in [3.8, 4) is 16.9 Å². The fraction of sp³-hybridized carbons (Fsp3) is 0.408. The van der Waals surface area contributed by atoms with E-state index in [-0.39, 0.29) is 40.3 Å². The third-order valence-corrected chi connectivity index (χ3v) is 15.6. The summed E-state index contributed by atoms with van der Waals surface area (Å²) < 4.78 is 46.9. The smallest absolute Gasteiger partial charge is 0.413 e. The molecule has 3 N–H and O–H groups in total. The minimum atomic E-state index is -2.32. The molecule has 2 unspecified atom stereocenters. The number of carboxylic acid groups (broad SMARTS) is 1. The van der Waals surface area contributed by atoms with Crippen molar-refractivity contribution in [2.45, 2.75) is 117 Å². The number of thiazole rings is 1. The van der Waals surface area contributed by atoms with Gasteiger partial charge in [0.25, 0.3) is 6.10 Å². The van der Waals surface area contributed by atoms with Gasteiger partial charge in [0.15, 0.2) is 19.6 Å². The molecule has 0 saturated carbocycles. The van der Waals surface area contributed by atoms with Crippen molar-refractivity contribution in [2.75, 3.05) is 18.5 Å². The molecule has 0 aliphatic heterocycles. The maximum absolute atomic E-state index is 16.0. The summed E-state index contributed by atoms with van der Waals surface area (Å²) in [6.07, 6.45) is -1.30. The van der Waals surface area contributed by atoms with Crippen molar-refractivity contribution in [1.29, 1.82) is 0 Å². The molecule has 2 aromatic heterocycles. The molecule has 17 nitrogen and oxygen atoms in total. The van der Waals surface area contributed by atoms with Crippen LogP contribution in [-0.2, 0) is 39.6 Å². The quantitative estimate of drug-likeness (QED) is 0.0231. The van der Waals surface area contributed by atoms with Gasteiger partial charge in [0.1, 0.15) is 35.1 Å². The Labute approximate surface area is 406 Å². The van der Waals surface area contributed by atoms with E-state index in [0.29, 0.717) is 16.7 Å². The molecule has 5 aromatic rings. The summed E-state index contributed by atoms with van der Waals surface area (Å²) in [6.45, 7) is 20.7. The number of amides is 2. The highest BCUT2D eigenvalue weighted by atomic mass is 32.1. The Hall–Kier alpha value is -6.64. The third kappa shape index (κ3) is 16.2. The number of carbonyl (C=O) groups is 4. The number of benzene rings is 3. The highest BCUT2D eigenvalue weighted by Gasteiger charge is 2.39. The number of oxime groups is 1. The van der Waals surface area contributed by atoms with Gasteiger partial charge in [0.2, 0.25) is 5.71 Å². The molecular formula is C49H61FN6O11SSi. The van der Waals surface area contributed by atoms with Crippen LogP contribution in [0.2, 0.25) is 18.1 Å². The average molecular weight is 989 g/mol. The van der Waals surface area contributed by atoms with Crippen LogP contribution in [0.25, 0.3) is 11.1 Å². The van der Waals surface area contributed by atoms with Gasteiger partial charge in [-0.05, 0) is 82.9 Å². The predicted molar refractivity (Wildman–Crippen MR) is 261 cm³/mol. The standard InChI is InChI=1S/C49H61FN6O11SSi/c1-47(2,3)64-45(60)51-26-35(67-69(10,11)49(7,8)9)28-56-27-33(25-52-56)36-23-22-34(24-37(36)50)62-29-39(43(59)63-41(31-18-14-12-15-19-31)32-20-16-13-17-21-32)66-55-40(42(57)58)38-30-68-44(53-38)54-46(61)65-48(4,5)6/h12-25,27,30,35,39,41H,26,28-29H2,1-11H3,(H,51,60)(H,57,58)(H,53,54,61)/b55-40-. The van der Waals surface area contributed by atoms with E-state index >= 15 is 4.39 Å². The fourth-order valence-electron chi connectivity index (χ4n) is 6.11. The molecule has 0 aliphatic rings. The number of carboxylic acids is 1. The number of aliphatic carboxylic acids is 1. The summed E-state index contributed by atoms with van der Waals surface area (Å²) in [4.78, 5) is 61.2. The number of ether oxygens (including phenoxy) is 4. The van der Waals surface area contributed by atoms with E-state index < -0.39 is 80.1 Å². The number of carbonyl (C=O) groups excluding carboxylic acids is 3.